The average Bonchev–Trinajstić information content (AvgIpc) is 2.84. The Bertz CT molecular complexity index is 487. The van der Waals surface area contributed by atoms with Crippen molar-refractivity contribution in [2.75, 3.05) is 0 Å². The zero-order valence-electron chi connectivity index (χ0n) is 9.30. The molecule has 0 N–H and O–H groups in total. The van der Waals surface area contributed by atoms with Gasteiger partial charge in [-0.15, -0.1) is 11.3 Å². The Hall–Kier alpha value is -1.49. The van der Waals surface area contributed by atoms with Crippen LogP contribution < -0.4 is 0 Å². The SMILES string of the molecule is Cc1cc(C(=O)CCn2cncn2)c(C)s1. The Morgan fingerprint density at radius 3 is 2.88 bits per heavy atom. The summed E-state index contributed by atoms with van der Waals surface area (Å²) in [6.45, 7) is 4.60. The zero-order chi connectivity index (χ0) is 11.5. The van der Waals surface area contributed by atoms with E-state index in [1.807, 2.05) is 19.9 Å². The van der Waals surface area contributed by atoms with Crippen molar-refractivity contribution in [3.8, 4) is 0 Å². The molecule has 0 spiro atoms. The first kappa shape index (κ1) is 11.0. The van der Waals surface area contributed by atoms with E-state index in [1.54, 1.807) is 22.3 Å². The van der Waals surface area contributed by atoms with Crippen molar-refractivity contribution < 1.29 is 4.79 Å². The number of Topliss-reactive ketones (excluding diaryl/α,β-unsaturated/α-hetero) is 1. The second-order valence-electron chi connectivity index (χ2n) is 3.66. The van der Waals surface area contributed by atoms with Crippen molar-refractivity contribution in [3.63, 3.8) is 0 Å². The maximum Gasteiger partial charge on any atom is 0.165 e. The van der Waals surface area contributed by atoms with Crippen LogP contribution in [0.1, 0.15) is 26.5 Å². The molecule has 0 aliphatic carbocycles. The van der Waals surface area contributed by atoms with Gasteiger partial charge in [0.1, 0.15) is 12.7 Å². The lowest BCUT2D eigenvalue weighted by Gasteiger charge is -2.00. The van der Waals surface area contributed by atoms with Gasteiger partial charge in [0.25, 0.3) is 0 Å². The Labute approximate surface area is 97.9 Å². The van der Waals surface area contributed by atoms with Crippen LogP contribution in [0.3, 0.4) is 0 Å². The van der Waals surface area contributed by atoms with E-state index in [4.69, 9.17) is 0 Å². The molecule has 16 heavy (non-hydrogen) atoms. The van der Waals surface area contributed by atoms with Crippen LogP contribution in [0.2, 0.25) is 0 Å². The minimum absolute atomic E-state index is 0.178. The van der Waals surface area contributed by atoms with Crippen LogP contribution >= 0.6 is 11.3 Å². The topological polar surface area (TPSA) is 47.8 Å². The Morgan fingerprint density at radius 1 is 1.50 bits per heavy atom. The molecule has 2 heterocycles. The molecule has 5 heteroatoms. The second kappa shape index (κ2) is 4.57. The predicted molar refractivity (Wildman–Crippen MR) is 62.8 cm³/mol. The minimum atomic E-state index is 0.178. The van der Waals surface area contributed by atoms with Crippen molar-refractivity contribution in [2.45, 2.75) is 26.8 Å². The number of hydrogen-bond acceptors (Lipinski definition) is 4. The summed E-state index contributed by atoms with van der Waals surface area (Å²) in [4.78, 5) is 18.0. The van der Waals surface area contributed by atoms with Crippen LogP contribution in [0.15, 0.2) is 18.7 Å². The first-order chi connectivity index (χ1) is 7.66. The lowest BCUT2D eigenvalue weighted by atomic mass is 10.1. The molecule has 0 aliphatic heterocycles. The molecule has 2 aromatic rings. The van der Waals surface area contributed by atoms with E-state index in [9.17, 15) is 4.79 Å². The minimum Gasteiger partial charge on any atom is -0.294 e. The van der Waals surface area contributed by atoms with Crippen LogP contribution in [-0.2, 0) is 6.54 Å². The third-order valence-corrected chi connectivity index (χ3v) is 3.34. The molecule has 0 aromatic carbocycles. The van der Waals surface area contributed by atoms with Gasteiger partial charge in [-0.3, -0.25) is 9.48 Å². The van der Waals surface area contributed by atoms with Crippen molar-refractivity contribution in [3.05, 3.63) is 34.0 Å². The number of rotatable bonds is 4. The van der Waals surface area contributed by atoms with Crippen molar-refractivity contribution in [1.29, 1.82) is 0 Å². The standard InChI is InChI=1S/C11H13N3OS/c1-8-5-10(9(2)16-8)11(15)3-4-14-7-12-6-13-14/h5-7H,3-4H2,1-2H3. The second-order valence-corrected chi connectivity index (χ2v) is 5.12. The number of carbonyl (C=O) groups is 1. The highest BCUT2D eigenvalue weighted by Crippen LogP contribution is 2.21. The average molecular weight is 235 g/mol. The monoisotopic (exact) mass is 235 g/mol. The lowest BCUT2D eigenvalue weighted by molar-refractivity contribution is 0.0975. The summed E-state index contributed by atoms with van der Waals surface area (Å²) in [7, 11) is 0. The van der Waals surface area contributed by atoms with Gasteiger partial charge in [0.2, 0.25) is 0 Å². The van der Waals surface area contributed by atoms with E-state index in [0.717, 1.165) is 10.4 Å². The molecule has 0 bridgehead atoms. The normalized spacial score (nSPS) is 10.6. The molecule has 0 fully saturated rings. The van der Waals surface area contributed by atoms with Gasteiger partial charge in [-0.2, -0.15) is 5.10 Å². The van der Waals surface area contributed by atoms with E-state index in [-0.39, 0.29) is 5.78 Å². The first-order valence-electron chi connectivity index (χ1n) is 5.09. The fourth-order valence-electron chi connectivity index (χ4n) is 1.61. The van der Waals surface area contributed by atoms with Crippen LogP contribution in [-0.4, -0.2) is 20.5 Å². The zero-order valence-corrected chi connectivity index (χ0v) is 10.1. The highest BCUT2D eigenvalue weighted by Gasteiger charge is 2.11. The molecule has 84 valence electrons. The number of aryl methyl sites for hydroxylation is 3. The molecule has 4 nitrogen and oxygen atoms in total. The van der Waals surface area contributed by atoms with Gasteiger partial charge in [0.05, 0.1) is 0 Å². The molecular formula is C11H13N3OS. The van der Waals surface area contributed by atoms with Gasteiger partial charge in [-0.05, 0) is 19.9 Å². The van der Waals surface area contributed by atoms with Gasteiger partial charge >= 0.3 is 0 Å². The summed E-state index contributed by atoms with van der Waals surface area (Å²) < 4.78 is 1.67. The fraction of sp³-hybridized carbons (Fsp3) is 0.364. The first-order valence-corrected chi connectivity index (χ1v) is 5.91. The summed E-state index contributed by atoms with van der Waals surface area (Å²) in [6, 6.07) is 1.96. The van der Waals surface area contributed by atoms with Gasteiger partial charge in [0, 0.05) is 28.3 Å². The van der Waals surface area contributed by atoms with Crippen LogP contribution in [0.5, 0.6) is 0 Å². The van der Waals surface area contributed by atoms with Crippen molar-refractivity contribution in [2.24, 2.45) is 0 Å². The molecular weight excluding hydrogens is 222 g/mol. The lowest BCUT2D eigenvalue weighted by Crippen LogP contribution is -2.06. The summed E-state index contributed by atoms with van der Waals surface area (Å²) in [5.41, 5.74) is 0.850. The molecule has 0 unspecified atom stereocenters. The number of nitrogens with zero attached hydrogens (tertiary/aromatic N) is 3. The Morgan fingerprint density at radius 2 is 2.31 bits per heavy atom. The number of aromatic nitrogens is 3. The molecule has 0 saturated carbocycles. The van der Waals surface area contributed by atoms with Crippen LogP contribution in [0.4, 0.5) is 0 Å². The third-order valence-electron chi connectivity index (χ3n) is 2.38. The van der Waals surface area contributed by atoms with Crippen LogP contribution in [0.25, 0.3) is 0 Å². The Kier molecular flexibility index (Phi) is 3.14. The predicted octanol–water partition coefficient (Wildman–Crippen LogP) is 2.23. The van der Waals surface area contributed by atoms with E-state index in [0.29, 0.717) is 13.0 Å². The summed E-state index contributed by atoms with van der Waals surface area (Å²) in [5, 5.41) is 3.97. The summed E-state index contributed by atoms with van der Waals surface area (Å²) >= 11 is 1.67. The molecule has 0 atom stereocenters. The molecule has 0 aliphatic rings. The maximum absolute atomic E-state index is 11.9. The van der Waals surface area contributed by atoms with Crippen molar-refractivity contribution in [1.82, 2.24) is 14.8 Å². The van der Waals surface area contributed by atoms with E-state index in [2.05, 4.69) is 10.1 Å². The van der Waals surface area contributed by atoms with E-state index in [1.165, 1.54) is 11.2 Å². The highest BCUT2D eigenvalue weighted by molar-refractivity contribution is 7.12. The molecule has 0 radical (unpaired) electrons. The van der Waals surface area contributed by atoms with Gasteiger partial charge in [-0.1, -0.05) is 0 Å². The van der Waals surface area contributed by atoms with E-state index >= 15 is 0 Å². The van der Waals surface area contributed by atoms with Gasteiger partial charge < -0.3 is 0 Å². The van der Waals surface area contributed by atoms with Crippen molar-refractivity contribution >= 4 is 17.1 Å². The summed E-state index contributed by atoms with van der Waals surface area (Å²) in [6.07, 6.45) is 3.57. The summed E-state index contributed by atoms with van der Waals surface area (Å²) in [5.74, 6) is 0.178. The molecule has 2 rings (SSSR count). The van der Waals surface area contributed by atoms with Gasteiger partial charge in [-0.25, -0.2) is 4.98 Å². The Balaban J connectivity index is 2.01. The number of ketones is 1. The highest BCUT2D eigenvalue weighted by atomic mass is 32.1. The largest absolute Gasteiger partial charge is 0.294 e. The van der Waals surface area contributed by atoms with Crippen LogP contribution in [0, 0.1) is 13.8 Å². The third kappa shape index (κ3) is 2.36. The quantitative estimate of drug-likeness (QED) is 0.763. The number of carbonyl (C=O) groups excluding carboxylic acids is 1. The molecule has 2 aromatic heterocycles. The molecule has 0 saturated heterocycles. The molecule has 0 amide bonds. The smallest absolute Gasteiger partial charge is 0.165 e. The maximum atomic E-state index is 11.9. The fourth-order valence-corrected chi connectivity index (χ4v) is 2.55. The number of thiophene rings is 1. The number of hydrogen-bond donors (Lipinski definition) is 0. The van der Waals surface area contributed by atoms with Gasteiger partial charge in [0.15, 0.2) is 5.78 Å². The van der Waals surface area contributed by atoms with E-state index < -0.39 is 0 Å².